The van der Waals surface area contributed by atoms with Gasteiger partial charge in [-0.05, 0) is 44.2 Å². The van der Waals surface area contributed by atoms with E-state index in [1.165, 1.54) is 11.3 Å². The fourth-order valence-electron chi connectivity index (χ4n) is 2.42. The van der Waals surface area contributed by atoms with Crippen LogP contribution in [-0.2, 0) is 13.6 Å². The molecule has 0 aliphatic carbocycles. The number of nitrogens with zero attached hydrogens (tertiary/aromatic N) is 4. The van der Waals surface area contributed by atoms with E-state index >= 15 is 0 Å². The van der Waals surface area contributed by atoms with Gasteiger partial charge < -0.3 is 5.32 Å². The van der Waals surface area contributed by atoms with Crippen molar-refractivity contribution in [1.82, 2.24) is 19.6 Å². The molecule has 0 amide bonds. The number of benzene rings is 1. The molecular formula is C16H19N5. The third-order valence-corrected chi connectivity index (χ3v) is 3.76. The Morgan fingerprint density at radius 1 is 1.14 bits per heavy atom. The Morgan fingerprint density at radius 3 is 2.48 bits per heavy atom. The normalized spacial score (nSPS) is 10.8. The van der Waals surface area contributed by atoms with Gasteiger partial charge in [0.15, 0.2) is 0 Å². The second kappa shape index (κ2) is 5.44. The number of rotatable bonds is 4. The summed E-state index contributed by atoms with van der Waals surface area (Å²) in [6.07, 6.45) is 3.71. The van der Waals surface area contributed by atoms with Crippen LogP contribution >= 0.6 is 0 Å². The minimum Gasteiger partial charge on any atom is -0.381 e. The Morgan fingerprint density at radius 2 is 1.90 bits per heavy atom. The Bertz CT molecular complexity index is 723. The van der Waals surface area contributed by atoms with Crippen molar-refractivity contribution in [3.8, 4) is 5.69 Å². The summed E-state index contributed by atoms with van der Waals surface area (Å²) < 4.78 is 3.77. The molecule has 2 aromatic heterocycles. The molecule has 0 fully saturated rings. The summed E-state index contributed by atoms with van der Waals surface area (Å²) in [4.78, 5) is 0. The molecule has 5 nitrogen and oxygen atoms in total. The lowest BCUT2D eigenvalue weighted by molar-refractivity contribution is 0.730. The Balaban J connectivity index is 1.71. The number of aromatic nitrogens is 4. The van der Waals surface area contributed by atoms with Crippen LogP contribution in [0.2, 0.25) is 0 Å². The molecule has 108 valence electrons. The lowest BCUT2D eigenvalue weighted by Crippen LogP contribution is -2.02. The third-order valence-electron chi connectivity index (χ3n) is 3.76. The molecule has 2 heterocycles. The molecule has 0 spiro atoms. The fraction of sp³-hybridized carbons (Fsp3) is 0.250. The number of hydrogen-bond acceptors (Lipinski definition) is 3. The number of anilines is 1. The van der Waals surface area contributed by atoms with E-state index < -0.39 is 0 Å². The van der Waals surface area contributed by atoms with Crippen LogP contribution in [0.3, 0.4) is 0 Å². The zero-order valence-electron chi connectivity index (χ0n) is 12.5. The van der Waals surface area contributed by atoms with Crippen molar-refractivity contribution in [2.24, 2.45) is 7.05 Å². The highest BCUT2D eigenvalue weighted by Crippen LogP contribution is 2.16. The van der Waals surface area contributed by atoms with E-state index in [2.05, 4.69) is 46.7 Å². The molecule has 0 saturated carbocycles. The van der Waals surface area contributed by atoms with E-state index in [0.29, 0.717) is 0 Å². The summed E-state index contributed by atoms with van der Waals surface area (Å²) in [5, 5.41) is 12.1. The van der Waals surface area contributed by atoms with Crippen LogP contribution in [0.5, 0.6) is 0 Å². The SMILES string of the molecule is Cc1nn(C)c(C)c1CNc1ccc(-n2cccn2)cc1. The first-order valence-electron chi connectivity index (χ1n) is 6.98. The fourth-order valence-corrected chi connectivity index (χ4v) is 2.42. The molecule has 3 rings (SSSR count). The van der Waals surface area contributed by atoms with Gasteiger partial charge in [0, 0.05) is 42.9 Å². The van der Waals surface area contributed by atoms with Crippen molar-refractivity contribution in [3.63, 3.8) is 0 Å². The maximum Gasteiger partial charge on any atom is 0.0647 e. The molecule has 1 aromatic carbocycles. The number of aryl methyl sites for hydroxylation is 2. The molecule has 0 radical (unpaired) electrons. The van der Waals surface area contributed by atoms with Gasteiger partial charge in [0.25, 0.3) is 0 Å². The minimum atomic E-state index is 0.784. The molecule has 0 atom stereocenters. The van der Waals surface area contributed by atoms with Crippen molar-refractivity contribution in [2.45, 2.75) is 20.4 Å². The van der Waals surface area contributed by atoms with Gasteiger partial charge in [0.1, 0.15) is 0 Å². The van der Waals surface area contributed by atoms with Crippen molar-refractivity contribution >= 4 is 5.69 Å². The largest absolute Gasteiger partial charge is 0.381 e. The van der Waals surface area contributed by atoms with E-state index in [0.717, 1.165) is 23.6 Å². The Labute approximate surface area is 124 Å². The van der Waals surface area contributed by atoms with Crippen LogP contribution in [0.4, 0.5) is 5.69 Å². The van der Waals surface area contributed by atoms with E-state index in [9.17, 15) is 0 Å². The zero-order valence-corrected chi connectivity index (χ0v) is 12.5. The highest BCUT2D eigenvalue weighted by Gasteiger charge is 2.08. The first-order chi connectivity index (χ1) is 10.1. The molecule has 0 unspecified atom stereocenters. The maximum atomic E-state index is 4.44. The average Bonchev–Trinajstić information content (AvgIpc) is 3.09. The van der Waals surface area contributed by atoms with E-state index in [1.807, 2.05) is 35.6 Å². The topological polar surface area (TPSA) is 47.7 Å². The number of nitrogens with one attached hydrogen (secondary N) is 1. The van der Waals surface area contributed by atoms with Crippen molar-refractivity contribution in [1.29, 1.82) is 0 Å². The van der Waals surface area contributed by atoms with Crippen LogP contribution < -0.4 is 5.32 Å². The second-order valence-corrected chi connectivity index (χ2v) is 5.12. The van der Waals surface area contributed by atoms with E-state index in [-0.39, 0.29) is 0 Å². The summed E-state index contributed by atoms with van der Waals surface area (Å²) in [5.74, 6) is 0. The molecule has 1 N–H and O–H groups in total. The summed E-state index contributed by atoms with van der Waals surface area (Å²) in [6, 6.07) is 10.2. The van der Waals surface area contributed by atoms with Gasteiger partial charge in [-0.25, -0.2) is 4.68 Å². The van der Waals surface area contributed by atoms with Crippen LogP contribution in [0.25, 0.3) is 5.69 Å². The lowest BCUT2D eigenvalue weighted by Gasteiger charge is -2.08. The Kier molecular flexibility index (Phi) is 3.48. The zero-order chi connectivity index (χ0) is 14.8. The predicted molar refractivity (Wildman–Crippen MR) is 83.6 cm³/mol. The minimum absolute atomic E-state index is 0.784. The van der Waals surface area contributed by atoms with Gasteiger partial charge in [-0.1, -0.05) is 0 Å². The molecule has 3 aromatic rings. The van der Waals surface area contributed by atoms with Crippen LogP contribution in [0, 0.1) is 13.8 Å². The van der Waals surface area contributed by atoms with E-state index in [4.69, 9.17) is 0 Å². The van der Waals surface area contributed by atoms with Crippen molar-refractivity contribution < 1.29 is 0 Å². The molecule has 21 heavy (non-hydrogen) atoms. The molecule has 5 heteroatoms. The van der Waals surface area contributed by atoms with Crippen LogP contribution in [-0.4, -0.2) is 19.6 Å². The molecular weight excluding hydrogens is 262 g/mol. The van der Waals surface area contributed by atoms with E-state index in [1.54, 1.807) is 6.20 Å². The van der Waals surface area contributed by atoms with Gasteiger partial charge in [-0.15, -0.1) is 0 Å². The predicted octanol–water partition coefficient (Wildman–Crippen LogP) is 2.83. The lowest BCUT2D eigenvalue weighted by atomic mass is 10.2. The molecule has 0 saturated heterocycles. The highest BCUT2D eigenvalue weighted by molar-refractivity contribution is 5.49. The highest BCUT2D eigenvalue weighted by atomic mass is 15.3. The number of hydrogen-bond donors (Lipinski definition) is 1. The van der Waals surface area contributed by atoms with Gasteiger partial charge in [0.05, 0.1) is 11.4 Å². The standard InChI is InChI=1S/C16H19N5/c1-12-16(13(2)20(3)19-12)11-17-14-5-7-15(8-6-14)21-10-4-9-18-21/h4-10,17H,11H2,1-3H3. The third kappa shape index (κ3) is 2.67. The first-order valence-corrected chi connectivity index (χ1v) is 6.98. The van der Waals surface area contributed by atoms with Crippen molar-refractivity contribution in [3.05, 3.63) is 59.7 Å². The summed E-state index contributed by atoms with van der Waals surface area (Å²) in [5.41, 5.74) is 5.69. The Hall–Kier alpha value is -2.56. The summed E-state index contributed by atoms with van der Waals surface area (Å²) >= 11 is 0. The smallest absolute Gasteiger partial charge is 0.0647 e. The van der Waals surface area contributed by atoms with Crippen molar-refractivity contribution in [2.75, 3.05) is 5.32 Å². The maximum absolute atomic E-state index is 4.44. The van der Waals surface area contributed by atoms with Crippen LogP contribution in [0.1, 0.15) is 17.0 Å². The molecule has 0 bridgehead atoms. The van der Waals surface area contributed by atoms with Gasteiger partial charge >= 0.3 is 0 Å². The average molecular weight is 281 g/mol. The summed E-state index contributed by atoms with van der Waals surface area (Å²) in [7, 11) is 1.98. The summed E-state index contributed by atoms with van der Waals surface area (Å²) in [6.45, 7) is 4.93. The molecule has 0 aliphatic heterocycles. The molecule has 0 aliphatic rings. The van der Waals surface area contributed by atoms with Gasteiger partial charge in [-0.3, -0.25) is 4.68 Å². The first kappa shape index (κ1) is 13.4. The van der Waals surface area contributed by atoms with Gasteiger partial charge in [0.2, 0.25) is 0 Å². The second-order valence-electron chi connectivity index (χ2n) is 5.12. The monoisotopic (exact) mass is 281 g/mol. The van der Waals surface area contributed by atoms with Crippen LogP contribution in [0.15, 0.2) is 42.7 Å². The van der Waals surface area contributed by atoms with Gasteiger partial charge in [-0.2, -0.15) is 10.2 Å². The quantitative estimate of drug-likeness (QED) is 0.800.